The summed E-state index contributed by atoms with van der Waals surface area (Å²) >= 11 is 0. The van der Waals surface area contributed by atoms with Crippen molar-refractivity contribution < 1.29 is 37.0 Å². The maximum absolute atomic E-state index is 15.1. The molecule has 1 saturated heterocycles. The Kier molecular flexibility index (Phi) is 7.03. The van der Waals surface area contributed by atoms with E-state index in [9.17, 15) is 28.2 Å². The van der Waals surface area contributed by atoms with E-state index in [1.165, 1.54) is 24.4 Å². The molecule has 0 saturated carbocycles. The zero-order chi connectivity index (χ0) is 27.9. The molecule has 9 nitrogen and oxygen atoms in total. The molecule has 3 heterocycles. The molecule has 0 spiro atoms. The lowest BCUT2D eigenvalue weighted by molar-refractivity contribution is -0.137. The molecule has 0 aliphatic carbocycles. The molecule has 2 aromatic carbocycles. The Bertz CT molecular complexity index is 1400. The first-order valence-corrected chi connectivity index (χ1v) is 12.3. The number of halogens is 4. The number of carboxylic acids is 1. The number of aliphatic carboxylic acids is 1. The second kappa shape index (κ2) is 10.3. The van der Waals surface area contributed by atoms with E-state index in [1.54, 1.807) is 11.0 Å². The highest BCUT2D eigenvalue weighted by Gasteiger charge is 2.32. The highest BCUT2D eigenvalue weighted by Crippen LogP contribution is 2.40. The maximum atomic E-state index is 15.1. The van der Waals surface area contributed by atoms with Crippen LogP contribution in [0.5, 0.6) is 0 Å². The minimum absolute atomic E-state index is 0.122. The van der Waals surface area contributed by atoms with Crippen molar-refractivity contribution in [3.8, 4) is 11.5 Å². The third kappa shape index (κ3) is 5.32. The van der Waals surface area contributed by atoms with Gasteiger partial charge < -0.3 is 24.4 Å². The van der Waals surface area contributed by atoms with E-state index in [1.807, 2.05) is 16.7 Å². The number of fused-ring (bicyclic) bond motifs is 1. The fourth-order valence-electron chi connectivity index (χ4n) is 4.76. The van der Waals surface area contributed by atoms with E-state index in [-0.39, 0.29) is 17.0 Å². The Morgan fingerprint density at radius 2 is 1.77 bits per heavy atom. The number of carbonyl (C=O) groups is 1. The quantitative estimate of drug-likeness (QED) is 0.442. The molecule has 0 bridgehead atoms. The first-order valence-electron chi connectivity index (χ1n) is 12.3. The number of hydrogen-bond acceptors (Lipinski definition) is 8. The van der Waals surface area contributed by atoms with Gasteiger partial charge >= 0.3 is 12.1 Å². The average molecular weight is 548 g/mol. The van der Waals surface area contributed by atoms with Crippen LogP contribution in [0.1, 0.15) is 30.0 Å². The van der Waals surface area contributed by atoms with Gasteiger partial charge in [0.25, 0.3) is 0 Å². The zero-order valence-corrected chi connectivity index (χ0v) is 20.8. The van der Waals surface area contributed by atoms with Crippen molar-refractivity contribution in [1.82, 2.24) is 15.1 Å². The van der Waals surface area contributed by atoms with Gasteiger partial charge in [-0.2, -0.15) is 13.2 Å². The third-order valence-corrected chi connectivity index (χ3v) is 6.88. The van der Waals surface area contributed by atoms with Gasteiger partial charge in [0.1, 0.15) is 11.9 Å². The van der Waals surface area contributed by atoms with E-state index in [2.05, 4.69) is 10.2 Å². The largest absolute Gasteiger partial charge is 0.478 e. The van der Waals surface area contributed by atoms with Gasteiger partial charge in [0.15, 0.2) is 0 Å². The number of carboxylic acid groups (broad SMARTS) is 1. The normalized spacial score (nSPS) is 18.2. The molecule has 1 fully saturated rings. The summed E-state index contributed by atoms with van der Waals surface area (Å²) in [4.78, 5) is 17.1. The van der Waals surface area contributed by atoms with Crippen molar-refractivity contribution in [3.05, 3.63) is 71.0 Å². The lowest BCUT2D eigenvalue weighted by atomic mass is 9.95. The summed E-state index contributed by atoms with van der Waals surface area (Å²) in [7, 11) is 0. The van der Waals surface area contributed by atoms with Crippen LogP contribution < -0.4 is 9.80 Å². The molecular weight excluding hydrogens is 522 g/mol. The SMILES string of the molecule is CCN1C=C(C(=O)O)C(O)c2cc(F)c(N3CCN(Cc4nnc(-c5ccc(C(F)(F)F)cc5)o4)CC3)cc21. The molecule has 1 aromatic heterocycles. The second-order valence-electron chi connectivity index (χ2n) is 9.28. The number of hydrogen-bond donors (Lipinski definition) is 2. The highest BCUT2D eigenvalue weighted by molar-refractivity contribution is 5.91. The van der Waals surface area contributed by atoms with E-state index < -0.39 is 29.6 Å². The summed E-state index contributed by atoms with van der Waals surface area (Å²) in [5.41, 5.74) is 0.513. The Morgan fingerprint density at radius 3 is 2.38 bits per heavy atom. The van der Waals surface area contributed by atoms with Crippen molar-refractivity contribution in [2.45, 2.75) is 25.7 Å². The van der Waals surface area contributed by atoms with Crippen molar-refractivity contribution in [2.24, 2.45) is 0 Å². The van der Waals surface area contributed by atoms with Crippen molar-refractivity contribution >= 4 is 17.3 Å². The first-order chi connectivity index (χ1) is 18.5. The van der Waals surface area contributed by atoms with Crippen LogP contribution in [0.4, 0.5) is 28.9 Å². The Labute approximate surface area is 220 Å². The Morgan fingerprint density at radius 1 is 1.08 bits per heavy atom. The molecule has 0 radical (unpaired) electrons. The van der Waals surface area contributed by atoms with Gasteiger partial charge in [-0.15, -0.1) is 10.2 Å². The topological polar surface area (TPSA) is 106 Å². The molecule has 1 atom stereocenters. The van der Waals surface area contributed by atoms with Gasteiger partial charge in [0.2, 0.25) is 11.8 Å². The Balaban J connectivity index is 1.24. The number of aromatic nitrogens is 2. The van der Waals surface area contributed by atoms with Crippen LogP contribution in [0.15, 0.2) is 52.6 Å². The van der Waals surface area contributed by atoms with E-state index in [0.717, 1.165) is 12.1 Å². The predicted molar refractivity (Wildman–Crippen MR) is 132 cm³/mol. The van der Waals surface area contributed by atoms with Gasteiger partial charge in [-0.25, -0.2) is 9.18 Å². The van der Waals surface area contributed by atoms with E-state index in [4.69, 9.17) is 4.42 Å². The standard InChI is InChI=1S/C26H25F4N5O4/c1-2-34-13-18(25(37)38)23(36)17-11-19(27)21(12-20(17)34)35-9-7-33(8-10-35)14-22-31-32-24(39-22)15-3-5-16(6-4-15)26(28,29)30/h3-6,11-13,23,36H,2,7-10,14H2,1H3,(H,37,38). The van der Waals surface area contributed by atoms with Gasteiger partial charge in [-0.1, -0.05) is 0 Å². The number of nitrogens with zero attached hydrogens (tertiary/aromatic N) is 5. The van der Waals surface area contributed by atoms with Crippen molar-refractivity contribution in [2.75, 3.05) is 42.5 Å². The minimum Gasteiger partial charge on any atom is -0.478 e. The summed E-state index contributed by atoms with van der Waals surface area (Å²) in [6.07, 6.45) is -4.49. The monoisotopic (exact) mass is 547 g/mol. The second-order valence-corrected chi connectivity index (χ2v) is 9.28. The van der Waals surface area contributed by atoms with Gasteiger partial charge in [-0.05, 0) is 43.3 Å². The molecule has 206 valence electrons. The molecule has 0 amide bonds. The van der Waals surface area contributed by atoms with Crippen LogP contribution in [-0.2, 0) is 17.5 Å². The van der Waals surface area contributed by atoms with Crippen LogP contribution >= 0.6 is 0 Å². The Hall–Kier alpha value is -3.97. The smallest absolute Gasteiger partial charge is 0.416 e. The highest BCUT2D eigenvalue weighted by atomic mass is 19.4. The summed E-state index contributed by atoms with van der Waals surface area (Å²) < 4.78 is 59.2. The fourth-order valence-corrected chi connectivity index (χ4v) is 4.76. The van der Waals surface area contributed by atoms with Crippen molar-refractivity contribution in [3.63, 3.8) is 0 Å². The number of aliphatic hydroxyl groups is 1. The van der Waals surface area contributed by atoms with Gasteiger partial charge in [0.05, 0.1) is 23.4 Å². The number of rotatable bonds is 6. The molecule has 2 N–H and O–H groups in total. The lowest BCUT2D eigenvalue weighted by Gasteiger charge is -2.37. The fraction of sp³-hybridized carbons (Fsp3) is 0.346. The maximum Gasteiger partial charge on any atom is 0.416 e. The number of piperazine rings is 1. The number of aliphatic hydroxyl groups excluding tert-OH is 1. The van der Waals surface area contributed by atoms with Crippen LogP contribution in [0, 0.1) is 5.82 Å². The summed E-state index contributed by atoms with van der Waals surface area (Å²) in [6, 6.07) is 7.31. The molecule has 3 aromatic rings. The average Bonchev–Trinajstić information content (AvgIpc) is 3.37. The number of anilines is 2. The molecule has 39 heavy (non-hydrogen) atoms. The summed E-state index contributed by atoms with van der Waals surface area (Å²) in [5, 5.41) is 27.8. The minimum atomic E-state index is -4.43. The molecular formula is C26H25F4N5O4. The van der Waals surface area contributed by atoms with E-state index >= 15 is 4.39 Å². The molecule has 13 heteroatoms. The zero-order valence-electron chi connectivity index (χ0n) is 20.8. The van der Waals surface area contributed by atoms with Crippen molar-refractivity contribution in [1.29, 1.82) is 0 Å². The van der Waals surface area contributed by atoms with Gasteiger partial charge in [0, 0.05) is 55.7 Å². The van der Waals surface area contributed by atoms with Crippen LogP contribution in [0.25, 0.3) is 11.5 Å². The molecule has 2 aliphatic heterocycles. The molecule has 2 aliphatic rings. The van der Waals surface area contributed by atoms with Crippen LogP contribution in [0.2, 0.25) is 0 Å². The summed E-state index contributed by atoms with van der Waals surface area (Å²) in [5.74, 6) is -1.38. The number of benzene rings is 2. The van der Waals surface area contributed by atoms with Crippen LogP contribution in [-0.4, -0.2) is 64.0 Å². The molecule has 5 rings (SSSR count). The lowest BCUT2D eigenvalue weighted by Crippen LogP contribution is -2.46. The first kappa shape index (κ1) is 26.6. The predicted octanol–water partition coefficient (Wildman–Crippen LogP) is 4.06. The van der Waals surface area contributed by atoms with Gasteiger partial charge in [-0.3, -0.25) is 4.90 Å². The number of alkyl halides is 3. The van der Waals surface area contributed by atoms with Crippen LogP contribution in [0.3, 0.4) is 0 Å². The third-order valence-electron chi connectivity index (χ3n) is 6.88. The van der Waals surface area contributed by atoms with E-state index in [0.29, 0.717) is 62.1 Å². The molecule has 1 unspecified atom stereocenters. The summed E-state index contributed by atoms with van der Waals surface area (Å²) in [6.45, 7) is 4.68.